The lowest BCUT2D eigenvalue weighted by Gasteiger charge is -2.30. The first-order chi connectivity index (χ1) is 10.8. The monoisotopic (exact) mass is 322 g/mol. The van der Waals surface area contributed by atoms with Gasteiger partial charge in [-0.25, -0.2) is 4.79 Å². The number of hydrogen-bond donors (Lipinski definition) is 2. The Morgan fingerprint density at radius 3 is 2.65 bits per heavy atom. The van der Waals surface area contributed by atoms with E-state index in [2.05, 4.69) is 26.1 Å². The summed E-state index contributed by atoms with van der Waals surface area (Å²) in [7, 11) is 1.66. The van der Waals surface area contributed by atoms with Crippen LogP contribution in [0.4, 0.5) is 10.5 Å². The van der Waals surface area contributed by atoms with Crippen molar-refractivity contribution in [1.82, 2.24) is 4.90 Å². The molecule has 0 aliphatic carbocycles. The van der Waals surface area contributed by atoms with Crippen molar-refractivity contribution < 1.29 is 14.6 Å². The van der Waals surface area contributed by atoms with Crippen molar-refractivity contribution in [3.05, 3.63) is 29.8 Å². The number of aliphatic hydroxyl groups is 1. The Kier molecular flexibility index (Phi) is 7.52. The first-order valence-electron chi connectivity index (χ1n) is 8.06. The summed E-state index contributed by atoms with van der Waals surface area (Å²) in [4.78, 5) is 14.3. The molecule has 1 aromatic rings. The second kappa shape index (κ2) is 8.89. The molecule has 0 bridgehead atoms. The molecule has 0 saturated carbocycles. The number of ether oxygens (including phenoxy) is 1. The summed E-state index contributed by atoms with van der Waals surface area (Å²) in [5.41, 5.74) is 1.77. The molecule has 0 aromatic heterocycles. The SMILES string of the molecule is COC(C)c1cccc(NC(=O)N(CCCO)CC(C)(C)C)c1. The molecule has 0 heterocycles. The van der Waals surface area contributed by atoms with Crippen LogP contribution in [0.2, 0.25) is 0 Å². The van der Waals surface area contributed by atoms with Crippen molar-refractivity contribution in [2.75, 3.05) is 32.1 Å². The Morgan fingerprint density at radius 1 is 1.39 bits per heavy atom. The molecular weight excluding hydrogens is 292 g/mol. The average molecular weight is 322 g/mol. The predicted molar refractivity (Wildman–Crippen MR) is 93.6 cm³/mol. The van der Waals surface area contributed by atoms with Crippen molar-refractivity contribution in [1.29, 1.82) is 0 Å². The van der Waals surface area contributed by atoms with Crippen molar-refractivity contribution in [2.45, 2.75) is 40.2 Å². The Hall–Kier alpha value is -1.59. The zero-order valence-electron chi connectivity index (χ0n) is 14.9. The van der Waals surface area contributed by atoms with Crippen LogP contribution >= 0.6 is 0 Å². The van der Waals surface area contributed by atoms with Crippen molar-refractivity contribution in [3.63, 3.8) is 0 Å². The Bertz CT molecular complexity index is 497. The molecule has 1 rings (SSSR count). The number of methoxy groups -OCH3 is 1. The number of rotatable bonds is 7. The van der Waals surface area contributed by atoms with Gasteiger partial charge in [-0.1, -0.05) is 32.9 Å². The smallest absolute Gasteiger partial charge is 0.321 e. The number of nitrogens with zero attached hydrogens (tertiary/aromatic N) is 1. The number of hydrogen-bond acceptors (Lipinski definition) is 3. The average Bonchev–Trinajstić information content (AvgIpc) is 2.49. The quantitative estimate of drug-likeness (QED) is 0.805. The summed E-state index contributed by atoms with van der Waals surface area (Å²) in [5.74, 6) is 0. The summed E-state index contributed by atoms with van der Waals surface area (Å²) in [6, 6.07) is 7.53. The fourth-order valence-corrected chi connectivity index (χ4v) is 2.29. The van der Waals surface area contributed by atoms with Crippen LogP contribution in [0, 0.1) is 5.41 Å². The van der Waals surface area contributed by atoms with Gasteiger partial charge in [0, 0.05) is 32.5 Å². The third-order valence-electron chi connectivity index (χ3n) is 3.50. The largest absolute Gasteiger partial charge is 0.396 e. The molecule has 1 aromatic carbocycles. The number of anilines is 1. The molecule has 0 spiro atoms. The van der Waals surface area contributed by atoms with E-state index < -0.39 is 0 Å². The van der Waals surface area contributed by atoms with Gasteiger partial charge in [0.1, 0.15) is 0 Å². The maximum Gasteiger partial charge on any atom is 0.321 e. The Morgan fingerprint density at radius 2 is 2.09 bits per heavy atom. The van der Waals surface area contributed by atoms with Gasteiger partial charge >= 0.3 is 6.03 Å². The zero-order chi connectivity index (χ0) is 17.5. The summed E-state index contributed by atoms with van der Waals surface area (Å²) in [6.45, 7) is 9.48. The molecule has 0 aliphatic rings. The van der Waals surface area contributed by atoms with Crippen LogP contribution in [0.5, 0.6) is 0 Å². The predicted octanol–water partition coefficient (Wildman–Crippen LogP) is 3.66. The topological polar surface area (TPSA) is 61.8 Å². The van der Waals surface area contributed by atoms with E-state index in [1.54, 1.807) is 12.0 Å². The van der Waals surface area contributed by atoms with E-state index in [9.17, 15) is 4.79 Å². The second-order valence-corrected chi connectivity index (χ2v) is 6.99. The van der Waals surface area contributed by atoms with E-state index >= 15 is 0 Å². The molecule has 2 N–H and O–H groups in total. The van der Waals surface area contributed by atoms with E-state index in [0.29, 0.717) is 19.5 Å². The van der Waals surface area contributed by atoms with E-state index in [4.69, 9.17) is 9.84 Å². The van der Waals surface area contributed by atoms with Gasteiger partial charge in [-0.3, -0.25) is 0 Å². The van der Waals surface area contributed by atoms with E-state index in [1.165, 1.54) is 0 Å². The van der Waals surface area contributed by atoms with Gasteiger partial charge in [-0.05, 0) is 36.5 Å². The highest BCUT2D eigenvalue weighted by Crippen LogP contribution is 2.21. The Labute approximate surface area is 139 Å². The lowest BCUT2D eigenvalue weighted by molar-refractivity contribution is 0.119. The number of carbonyl (C=O) groups excluding carboxylic acids is 1. The molecule has 0 radical (unpaired) electrons. The van der Waals surface area contributed by atoms with Crippen LogP contribution in [-0.4, -0.2) is 42.8 Å². The van der Waals surface area contributed by atoms with Crippen molar-refractivity contribution >= 4 is 11.7 Å². The van der Waals surface area contributed by atoms with E-state index in [0.717, 1.165) is 11.3 Å². The number of carbonyl (C=O) groups is 1. The van der Waals surface area contributed by atoms with Gasteiger partial charge in [0.05, 0.1) is 6.10 Å². The van der Waals surface area contributed by atoms with Gasteiger partial charge in [-0.15, -0.1) is 0 Å². The highest BCUT2D eigenvalue weighted by atomic mass is 16.5. The minimum Gasteiger partial charge on any atom is -0.396 e. The van der Waals surface area contributed by atoms with Crippen molar-refractivity contribution in [2.24, 2.45) is 5.41 Å². The number of urea groups is 1. The fraction of sp³-hybridized carbons (Fsp3) is 0.611. The molecule has 0 saturated heterocycles. The normalized spacial score (nSPS) is 12.8. The zero-order valence-corrected chi connectivity index (χ0v) is 14.9. The molecule has 0 aliphatic heterocycles. The molecular formula is C18H30N2O3. The molecule has 1 unspecified atom stereocenters. The second-order valence-electron chi connectivity index (χ2n) is 6.99. The van der Waals surface area contributed by atoms with Crippen LogP contribution in [0.25, 0.3) is 0 Å². The fourth-order valence-electron chi connectivity index (χ4n) is 2.29. The third-order valence-corrected chi connectivity index (χ3v) is 3.50. The summed E-state index contributed by atoms with van der Waals surface area (Å²) in [6.07, 6.45) is 0.552. The number of amides is 2. The lowest BCUT2D eigenvalue weighted by atomic mass is 9.96. The van der Waals surface area contributed by atoms with Gasteiger partial charge < -0.3 is 20.1 Å². The number of benzene rings is 1. The number of aliphatic hydroxyl groups excluding tert-OH is 1. The molecule has 0 fully saturated rings. The van der Waals surface area contributed by atoms with Gasteiger partial charge in [0.2, 0.25) is 0 Å². The van der Waals surface area contributed by atoms with Crippen LogP contribution in [0.15, 0.2) is 24.3 Å². The summed E-state index contributed by atoms with van der Waals surface area (Å²) < 4.78 is 5.31. The maximum atomic E-state index is 12.5. The minimum atomic E-state index is -0.143. The van der Waals surface area contributed by atoms with Crippen LogP contribution in [0.1, 0.15) is 45.8 Å². The lowest BCUT2D eigenvalue weighted by Crippen LogP contribution is -2.41. The van der Waals surface area contributed by atoms with Crippen LogP contribution < -0.4 is 5.32 Å². The minimum absolute atomic E-state index is 0.000785. The van der Waals surface area contributed by atoms with Crippen LogP contribution in [-0.2, 0) is 4.74 Å². The third kappa shape index (κ3) is 7.01. The standard InChI is InChI=1S/C18H30N2O3/c1-14(23-5)15-8-6-9-16(12-15)19-17(22)20(10-7-11-21)13-18(2,3)4/h6,8-9,12,14,21H,7,10-11,13H2,1-5H3,(H,19,22). The van der Waals surface area contributed by atoms with Crippen LogP contribution in [0.3, 0.4) is 0 Å². The highest BCUT2D eigenvalue weighted by molar-refractivity contribution is 5.89. The van der Waals surface area contributed by atoms with Gasteiger partial charge in [-0.2, -0.15) is 0 Å². The number of nitrogens with one attached hydrogen (secondary N) is 1. The Balaban J connectivity index is 2.81. The molecule has 130 valence electrons. The first-order valence-corrected chi connectivity index (χ1v) is 8.06. The highest BCUT2D eigenvalue weighted by Gasteiger charge is 2.21. The summed E-state index contributed by atoms with van der Waals surface area (Å²) in [5, 5.41) is 12.0. The maximum absolute atomic E-state index is 12.5. The molecule has 23 heavy (non-hydrogen) atoms. The molecule has 5 nitrogen and oxygen atoms in total. The van der Waals surface area contributed by atoms with Crippen molar-refractivity contribution in [3.8, 4) is 0 Å². The van der Waals surface area contributed by atoms with Gasteiger partial charge in [0.25, 0.3) is 0 Å². The van der Waals surface area contributed by atoms with Gasteiger partial charge in [0.15, 0.2) is 0 Å². The van der Waals surface area contributed by atoms with E-state index in [-0.39, 0.29) is 24.2 Å². The molecule has 2 amide bonds. The first kappa shape index (κ1) is 19.5. The van der Waals surface area contributed by atoms with E-state index in [1.807, 2.05) is 31.2 Å². The molecule has 5 heteroatoms. The molecule has 1 atom stereocenters. The summed E-state index contributed by atoms with van der Waals surface area (Å²) >= 11 is 0.